The fraction of sp³-hybridized carbons (Fsp3) is 0.533. The van der Waals surface area contributed by atoms with Crippen LogP contribution in [0.5, 0.6) is 0 Å². The highest BCUT2D eigenvalue weighted by Gasteiger charge is 2.27. The first-order valence-corrected chi connectivity index (χ1v) is 6.74. The molecular formula is C15H25N3O. The molecule has 4 nitrogen and oxygen atoms in total. The zero-order chi connectivity index (χ0) is 14.3. The molecule has 4 heteroatoms. The predicted molar refractivity (Wildman–Crippen MR) is 80.2 cm³/mol. The zero-order valence-corrected chi connectivity index (χ0v) is 12.1. The molecule has 0 bridgehead atoms. The summed E-state index contributed by atoms with van der Waals surface area (Å²) in [7, 11) is 3.86. The van der Waals surface area contributed by atoms with Crippen molar-refractivity contribution in [1.29, 1.82) is 0 Å². The molecule has 1 amide bonds. The second-order valence-corrected chi connectivity index (χ2v) is 5.16. The molecule has 1 atom stereocenters. The summed E-state index contributed by atoms with van der Waals surface area (Å²) < 4.78 is 0. The molecule has 0 aliphatic carbocycles. The van der Waals surface area contributed by atoms with Crippen molar-refractivity contribution in [3.8, 4) is 0 Å². The van der Waals surface area contributed by atoms with Gasteiger partial charge in [-0.3, -0.25) is 4.79 Å². The Kier molecular flexibility index (Phi) is 5.83. The van der Waals surface area contributed by atoms with Gasteiger partial charge >= 0.3 is 0 Å². The molecule has 1 rings (SSSR count). The number of para-hydroxylation sites is 1. The fourth-order valence-corrected chi connectivity index (χ4v) is 2.01. The van der Waals surface area contributed by atoms with Crippen molar-refractivity contribution in [2.75, 3.05) is 25.5 Å². The van der Waals surface area contributed by atoms with Gasteiger partial charge < -0.3 is 16.0 Å². The van der Waals surface area contributed by atoms with Gasteiger partial charge in [0.15, 0.2) is 0 Å². The highest BCUT2D eigenvalue weighted by molar-refractivity contribution is 5.84. The largest absolute Gasteiger partial charge is 0.375 e. The van der Waals surface area contributed by atoms with Gasteiger partial charge in [0, 0.05) is 19.3 Å². The van der Waals surface area contributed by atoms with Crippen LogP contribution in [0.3, 0.4) is 0 Å². The molecule has 0 saturated carbocycles. The Labute approximate surface area is 116 Å². The first kappa shape index (κ1) is 15.5. The van der Waals surface area contributed by atoms with Crippen molar-refractivity contribution in [1.82, 2.24) is 5.32 Å². The van der Waals surface area contributed by atoms with E-state index < -0.39 is 5.54 Å². The number of nitrogens with two attached hydrogens (primary N) is 1. The summed E-state index contributed by atoms with van der Waals surface area (Å²) >= 11 is 0. The maximum Gasteiger partial charge on any atom is 0.237 e. The Morgan fingerprint density at radius 3 is 2.47 bits per heavy atom. The Balaban J connectivity index is 2.33. The first-order chi connectivity index (χ1) is 8.99. The Morgan fingerprint density at radius 1 is 1.32 bits per heavy atom. The standard InChI is InChI=1S/C15H25N3O/c1-15(17-2,14(16)19)11-7-8-12-18(3)13-9-5-4-6-10-13/h4-6,9-10,17H,7-8,11-12H2,1-3H3,(H2,16,19). The van der Waals surface area contributed by atoms with Gasteiger partial charge in [0.2, 0.25) is 5.91 Å². The molecule has 0 saturated heterocycles. The minimum atomic E-state index is -0.592. The van der Waals surface area contributed by atoms with Crippen LogP contribution in [0.25, 0.3) is 0 Å². The predicted octanol–water partition coefficient (Wildman–Crippen LogP) is 1.76. The Bertz CT molecular complexity index is 394. The van der Waals surface area contributed by atoms with E-state index >= 15 is 0 Å². The lowest BCUT2D eigenvalue weighted by Gasteiger charge is -2.26. The van der Waals surface area contributed by atoms with Gasteiger partial charge in [0.05, 0.1) is 5.54 Å². The summed E-state index contributed by atoms with van der Waals surface area (Å²) in [6.07, 6.45) is 2.77. The summed E-state index contributed by atoms with van der Waals surface area (Å²) in [5.74, 6) is -0.286. The number of carbonyl (C=O) groups excluding carboxylic acids is 1. The molecule has 19 heavy (non-hydrogen) atoms. The van der Waals surface area contributed by atoms with Gasteiger partial charge in [-0.1, -0.05) is 18.2 Å². The second-order valence-electron chi connectivity index (χ2n) is 5.16. The number of nitrogens with zero attached hydrogens (tertiary/aromatic N) is 1. The fourth-order valence-electron chi connectivity index (χ4n) is 2.01. The molecule has 0 aliphatic rings. The van der Waals surface area contributed by atoms with Crippen molar-refractivity contribution in [3.63, 3.8) is 0 Å². The zero-order valence-electron chi connectivity index (χ0n) is 12.1. The van der Waals surface area contributed by atoms with Crippen molar-refractivity contribution < 1.29 is 4.79 Å². The number of nitrogens with one attached hydrogen (secondary N) is 1. The number of rotatable bonds is 8. The monoisotopic (exact) mass is 263 g/mol. The summed E-state index contributed by atoms with van der Waals surface area (Å²) in [5.41, 5.74) is 6.03. The molecule has 0 radical (unpaired) electrons. The third-order valence-electron chi connectivity index (χ3n) is 3.71. The lowest BCUT2D eigenvalue weighted by Crippen LogP contribution is -2.51. The highest BCUT2D eigenvalue weighted by atomic mass is 16.1. The van der Waals surface area contributed by atoms with E-state index in [9.17, 15) is 4.79 Å². The topological polar surface area (TPSA) is 58.4 Å². The molecule has 0 spiro atoms. The molecule has 106 valence electrons. The molecule has 3 N–H and O–H groups in total. The number of carbonyl (C=O) groups is 1. The molecule has 1 aromatic rings. The quantitative estimate of drug-likeness (QED) is 0.703. The van der Waals surface area contributed by atoms with Gasteiger partial charge in [-0.2, -0.15) is 0 Å². The maximum absolute atomic E-state index is 11.4. The number of unbranched alkanes of at least 4 members (excludes halogenated alkanes) is 1. The number of benzene rings is 1. The molecule has 0 aliphatic heterocycles. The van der Waals surface area contributed by atoms with Crippen LogP contribution in [-0.4, -0.2) is 32.1 Å². The Hall–Kier alpha value is -1.55. The Morgan fingerprint density at radius 2 is 1.95 bits per heavy atom. The number of hydrogen-bond acceptors (Lipinski definition) is 3. The van der Waals surface area contributed by atoms with E-state index in [1.165, 1.54) is 5.69 Å². The number of primary amides is 1. The normalized spacial score (nSPS) is 13.8. The van der Waals surface area contributed by atoms with Crippen molar-refractivity contribution in [3.05, 3.63) is 30.3 Å². The van der Waals surface area contributed by atoms with Crippen molar-refractivity contribution in [2.45, 2.75) is 31.7 Å². The van der Waals surface area contributed by atoms with Crippen LogP contribution in [0, 0.1) is 0 Å². The lowest BCUT2D eigenvalue weighted by molar-refractivity contribution is -0.123. The van der Waals surface area contributed by atoms with Gasteiger partial charge in [0.25, 0.3) is 0 Å². The summed E-state index contributed by atoms with van der Waals surface area (Å²) in [4.78, 5) is 13.6. The van der Waals surface area contributed by atoms with Crippen molar-refractivity contribution >= 4 is 11.6 Å². The van der Waals surface area contributed by atoms with Crippen molar-refractivity contribution in [2.24, 2.45) is 5.73 Å². The van der Waals surface area contributed by atoms with E-state index in [0.717, 1.165) is 25.8 Å². The third-order valence-corrected chi connectivity index (χ3v) is 3.71. The van der Waals surface area contributed by atoms with Gasteiger partial charge in [-0.15, -0.1) is 0 Å². The number of hydrogen-bond donors (Lipinski definition) is 2. The second kappa shape index (κ2) is 7.14. The SMILES string of the molecule is CNC(C)(CCCCN(C)c1ccccc1)C(N)=O. The molecule has 0 heterocycles. The van der Waals surface area contributed by atoms with E-state index in [1.54, 1.807) is 7.05 Å². The smallest absolute Gasteiger partial charge is 0.237 e. The molecule has 1 aromatic carbocycles. The van der Waals surface area contributed by atoms with E-state index in [1.807, 2.05) is 25.1 Å². The van der Waals surface area contributed by atoms with Gasteiger partial charge in [-0.25, -0.2) is 0 Å². The molecule has 0 aromatic heterocycles. The average Bonchev–Trinajstić information content (AvgIpc) is 2.43. The van der Waals surface area contributed by atoms with E-state index in [4.69, 9.17) is 5.73 Å². The summed E-state index contributed by atoms with van der Waals surface area (Å²) in [5, 5.41) is 3.01. The van der Waals surface area contributed by atoms with Crippen LogP contribution in [0.4, 0.5) is 5.69 Å². The number of likely N-dealkylation sites (N-methyl/N-ethyl adjacent to an activating group) is 1. The van der Waals surface area contributed by atoms with Crippen LogP contribution >= 0.6 is 0 Å². The van der Waals surface area contributed by atoms with Crippen LogP contribution in [-0.2, 0) is 4.79 Å². The molecule has 0 fully saturated rings. The molecular weight excluding hydrogens is 238 g/mol. The average molecular weight is 263 g/mol. The van der Waals surface area contributed by atoms with Crippen LogP contribution in [0.2, 0.25) is 0 Å². The van der Waals surface area contributed by atoms with Crippen LogP contribution < -0.4 is 16.0 Å². The maximum atomic E-state index is 11.4. The molecule has 1 unspecified atom stereocenters. The minimum Gasteiger partial charge on any atom is -0.375 e. The summed E-state index contributed by atoms with van der Waals surface area (Å²) in [6, 6.07) is 10.3. The van der Waals surface area contributed by atoms with E-state index in [0.29, 0.717) is 0 Å². The first-order valence-electron chi connectivity index (χ1n) is 6.74. The minimum absolute atomic E-state index is 0.286. The van der Waals surface area contributed by atoms with Crippen LogP contribution in [0.1, 0.15) is 26.2 Å². The highest BCUT2D eigenvalue weighted by Crippen LogP contribution is 2.15. The van der Waals surface area contributed by atoms with E-state index in [-0.39, 0.29) is 5.91 Å². The third kappa shape index (κ3) is 4.56. The number of amides is 1. The number of anilines is 1. The van der Waals surface area contributed by atoms with Crippen LogP contribution in [0.15, 0.2) is 30.3 Å². The lowest BCUT2D eigenvalue weighted by atomic mass is 9.94. The van der Waals surface area contributed by atoms with E-state index in [2.05, 4.69) is 29.4 Å². The van der Waals surface area contributed by atoms with Gasteiger partial charge in [0.1, 0.15) is 0 Å². The summed E-state index contributed by atoms with van der Waals surface area (Å²) in [6.45, 7) is 2.83. The van der Waals surface area contributed by atoms with Gasteiger partial charge in [-0.05, 0) is 45.4 Å².